The fourth-order valence-corrected chi connectivity index (χ4v) is 3.59. The van der Waals surface area contributed by atoms with Crippen LogP contribution in [0.5, 0.6) is 0 Å². The lowest BCUT2D eigenvalue weighted by Gasteiger charge is -2.44. The van der Waals surface area contributed by atoms with Gasteiger partial charge in [0.25, 0.3) is 0 Å². The molecule has 0 unspecified atom stereocenters. The van der Waals surface area contributed by atoms with Crippen LogP contribution in [-0.4, -0.2) is 75.4 Å². The average Bonchev–Trinajstić information content (AvgIpc) is 2.58. The van der Waals surface area contributed by atoms with E-state index < -0.39 is 0 Å². The first-order chi connectivity index (χ1) is 12.2. The highest BCUT2D eigenvalue weighted by atomic mass is 16.5. The number of hydrogen-bond donors (Lipinski definition) is 0. The summed E-state index contributed by atoms with van der Waals surface area (Å²) < 4.78 is 7.59. The number of carbonyl (C=O) groups is 1. The molecule has 4 heteroatoms. The number of likely N-dealkylation sites (N-methyl/N-ethyl adjacent to an activating group) is 2. The quantitative estimate of drug-likeness (QED) is 0.211. The maximum Gasteiger partial charge on any atom is 0.333 e. The minimum absolute atomic E-state index is 0.256. The van der Waals surface area contributed by atoms with Gasteiger partial charge in [-0.25, -0.2) is 4.79 Å². The molecule has 1 rings (SSSR count). The minimum Gasteiger partial charge on any atom is -0.462 e. The van der Waals surface area contributed by atoms with E-state index in [4.69, 9.17) is 4.74 Å². The average molecular weight is 369 g/mol. The summed E-state index contributed by atoms with van der Waals surface area (Å²) in [4.78, 5) is 11.2. The Morgan fingerprint density at radius 3 is 1.77 bits per heavy atom. The van der Waals surface area contributed by atoms with E-state index in [0.717, 1.165) is 12.8 Å². The molecule has 0 aromatic heterocycles. The molecule has 152 valence electrons. The first-order valence-corrected chi connectivity index (χ1v) is 10.7. The SMILES string of the molecule is C=C(C)C(=O)OCCCCCCCCCCC[N+]1(C)CC[N+](C)(C)CC1. The lowest BCUT2D eigenvalue weighted by atomic mass is 10.1. The number of esters is 1. The van der Waals surface area contributed by atoms with Gasteiger partial charge in [0.15, 0.2) is 0 Å². The highest BCUT2D eigenvalue weighted by Gasteiger charge is 2.33. The summed E-state index contributed by atoms with van der Waals surface area (Å²) in [6.07, 6.45) is 11.6. The molecule has 0 radical (unpaired) electrons. The summed E-state index contributed by atoms with van der Waals surface area (Å²) in [5, 5.41) is 0. The Morgan fingerprint density at radius 1 is 0.808 bits per heavy atom. The molecule has 0 aromatic carbocycles. The fourth-order valence-electron chi connectivity index (χ4n) is 3.59. The monoisotopic (exact) mass is 368 g/mol. The predicted molar refractivity (Wildman–Crippen MR) is 110 cm³/mol. The smallest absolute Gasteiger partial charge is 0.333 e. The first-order valence-electron chi connectivity index (χ1n) is 10.7. The summed E-state index contributed by atoms with van der Waals surface area (Å²) in [6, 6.07) is 0. The van der Waals surface area contributed by atoms with E-state index >= 15 is 0 Å². The molecule has 4 nitrogen and oxygen atoms in total. The van der Waals surface area contributed by atoms with E-state index in [1.54, 1.807) is 6.92 Å². The zero-order chi connectivity index (χ0) is 19.5. The zero-order valence-electron chi connectivity index (χ0n) is 18.0. The molecule has 0 N–H and O–H groups in total. The summed E-state index contributed by atoms with van der Waals surface area (Å²) >= 11 is 0. The number of piperazine rings is 1. The largest absolute Gasteiger partial charge is 0.462 e. The lowest BCUT2D eigenvalue weighted by Crippen LogP contribution is -2.62. The molecule has 0 spiro atoms. The molecule has 1 aliphatic rings. The second-order valence-corrected chi connectivity index (χ2v) is 9.27. The van der Waals surface area contributed by atoms with Crippen molar-refractivity contribution < 1.29 is 18.5 Å². The Kier molecular flexibility index (Phi) is 10.5. The van der Waals surface area contributed by atoms with Gasteiger partial charge in [0.1, 0.15) is 26.2 Å². The van der Waals surface area contributed by atoms with Crippen molar-refractivity contribution in [3.05, 3.63) is 12.2 Å². The Labute approximate surface area is 162 Å². The molecule has 0 saturated carbocycles. The molecule has 0 aromatic rings. The van der Waals surface area contributed by atoms with Crippen molar-refractivity contribution in [2.24, 2.45) is 0 Å². The van der Waals surface area contributed by atoms with Crippen LogP contribution < -0.4 is 0 Å². The van der Waals surface area contributed by atoms with Gasteiger partial charge in [-0.3, -0.25) is 0 Å². The maximum atomic E-state index is 11.2. The van der Waals surface area contributed by atoms with E-state index in [0.29, 0.717) is 12.2 Å². The van der Waals surface area contributed by atoms with Crippen molar-refractivity contribution in [3.8, 4) is 0 Å². The highest BCUT2D eigenvalue weighted by molar-refractivity contribution is 5.86. The second-order valence-electron chi connectivity index (χ2n) is 9.27. The zero-order valence-corrected chi connectivity index (χ0v) is 18.0. The molecule has 0 aliphatic carbocycles. The van der Waals surface area contributed by atoms with Crippen molar-refractivity contribution in [3.63, 3.8) is 0 Å². The number of nitrogens with zero attached hydrogens (tertiary/aromatic N) is 2. The Morgan fingerprint density at radius 2 is 1.27 bits per heavy atom. The molecule has 0 bridgehead atoms. The van der Waals surface area contributed by atoms with Crippen LogP contribution in [-0.2, 0) is 9.53 Å². The van der Waals surface area contributed by atoms with Crippen LogP contribution in [0.3, 0.4) is 0 Å². The number of rotatable bonds is 13. The fraction of sp³-hybridized carbons (Fsp3) is 0.864. The Balaban J connectivity index is 1.87. The van der Waals surface area contributed by atoms with Crippen LogP contribution >= 0.6 is 0 Å². The molecule has 0 atom stereocenters. The Bertz CT molecular complexity index is 422. The lowest BCUT2D eigenvalue weighted by molar-refractivity contribution is -1.01. The number of carbonyl (C=O) groups excluding carboxylic acids is 1. The minimum atomic E-state index is -0.256. The standard InChI is InChI=1S/C22H44N2O2/c1-21(2)22(25)26-20-14-12-10-8-6-7-9-11-13-15-24(5)18-16-23(3,4)17-19-24/h1,6-20H2,2-5H3/q+2. The van der Waals surface area contributed by atoms with Gasteiger partial charge in [-0.2, -0.15) is 0 Å². The highest BCUT2D eigenvalue weighted by Crippen LogP contribution is 2.16. The van der Waals surface area contributed by atoms with Crippen molar-refractivity contribution in [2.75, 3.05) is 60.5 Å². The molecule has 26 heavy (non-hydrogen) atoms. The number of unbranched alkanes of at least 4 members (excludes halogenated alkanes) is 8. The molecular formula is C22H44N2O2+2. The second kappa shape index (κ2) is 11.8. The van der Waals surface area contributed by atoms with Crippen LogP contribution in [0.25, 0.3) is 0 Å². The summed E-state index contributed by atoms with van der Waals surface area (Å²) in [7, 11) is 7.17. The van der Waals surface area contributed by atoms with E-state index in [2.05, 4.69) is 27.7 Å². The van der Waals surface area contributed by atoms with Crippen LogP contribution in [0.2, 0.25) is 0 Å². The predicted octanol–water partition coefficient (Wildman–Crippen LogP) is 4.15. The van der Waals surface area contributed by atoms with Gasteiger partial charge >= 0.3 is 5.97 Å². The molecule has 1 saturated heterocycles. The molecule has 1 fully saturated rings. The molecular weight excluding hydrogens is 324 g/mol. The summed E-state index contributed by atoms with van der Waals surface area (Å²) in [5.41, 5.74) is 0.490. The van der Waals surface area contributed by atoms with Crippen molar-refractivity contribution in [2.45, 2.75) is 64.7 Å². The van der Waals surface area contributed by atoms with Crippen LogP contribution in [0.15, 0.2) is 12.2 Å². The van der Waals surface area contributed by atoms with Crippen LogP contribution in [0.4, 0.5) is 0 Å². The van der Waals surface area contributed by atoms with Gasteiger partial charge < -0.3 is 13.7 Å². The summed E-state index contributed by atoms with van der Waals surface area (Å²) in [6.45, 7) is 12.5. The topological polar surface area (TPSA) is 26.3 Å². The number of hydrogen-bond acceptors (Lipinski definition) is 2. The van der Waals surface area contributed by atoms with Gasteiger partial charge in [-0.1, -0.05) is 45.1 Å². The van der Waals surface area contributed by atoms with E-state index in [1.165, 1.54) is 86.6 Å². The maximum absolute atomic E-state index is 11.2. The number of ether oxygens (including phenoxy) is 1. The van der Waals surface area contributed by atoms with E-state index in [1.807, 2.05) is 0 Å². The summed E-state index contributed by atoms with van der Waals surface area (Å²) in [5.74, 6) is -0.256. The van der Waals surface area contributed by atoms with Crippen LogP contribution in [0, 0.1) is 0 Å². The van der Waals surface area contributed by atoms with Gasteiger partial charge in [-0.05, 0) is 26.2 Å². The van der Waals surface area contributed by atoms with Crippen molar-refractivity contribution in [1.29, 1.82) is 0 Å². The van der Waals surface area contributed by atoms with E-state index in [9.17, 15) is 4.79 Å². The molecule has 0 amide bonds. The normalized spacial score (nSPS) is 18.5. The first kappa shape index (κ1) is 23.2. The van der Waals surface area contributed by atoms with Crippen LogP contribution in [0.1, 0.15) is 64.7 Å². The molecule has 1 aliphatic heterocycles. The van der Waals surface area contributed by atoms with Gasteiger partial charge in [-0.15, -0.1) is 0 Å². The van der Waals surface area contributed by atoms with Gasteiger partial charge in [0.2, 0.25) is 0 Å². The number of quaternary nitrogens is 2. The van der Waals surface area contributed by atoms with Gasteiger partial charge in [0.05, 0.1) is 34.3 Å². The van der Waals surface area contributed by atoms with E-state index in [-0.39, 0.29) is 5.97 Å². The van der Waals surface area contributed by atoms with Gasteiger partial charge in [0, 0.05) is 5.57 Å². The Hall–Kier alpha value is -0.870. The van der Waals surface area contributed by atoms with Crippen molar-refractivity contribution >= 4 is 5.97 Å². The molecule has 1 heterocycles. The third-order valence-corrected chi connectivity index (χ3v) is 5.91. The van der Waals surface area contributed by atoms with Crippen molar-refractivity contribution in [1.82, 2.24) is 0 Å². The third kappa shape index (κ3) is 10.3. The third-order valence-electron chi connectivity index (χ3n) is 5.91.